The minimum Gasteiger partial charge on any atom is -0.504 e. The van der Waals surface area contributed by atoms with Gasteiger partial charge < -0.3 is 9.84 Å². The van der Waals surface area contributed by atoms with Gasteiger partial charge in [0.1, 0.15) is 0 Å². The molecule has 4 nitrogen and oxygen atoms in total. The highest BCUT2D eigenvalue weighted by Crippen LogP contribution is 2.39. The molecule has 0 amide bonds. The van der Waals surface area contributed by atoms with Crippen LogP contribution in [0, 0.1) is 5.92 Å². The molecule has 0 radical (unpaired) electrons. The fourth-order valence-corrected chi connectivity index (χ4v) is 3.83. The summed E-state index contributed by atoms with van der Waals surface area (Å²) in [4.78, 5) is 9.24. The second-order valence-electron chi connectivity index (χ2n) is 6.80. The van der Waals surface area contributed by atoms with E-state index in [0.29, 0.717) is 17.7 Å². The van der Waals surface area contributed by atoms with E-state index in [1.54, 1.807) is 19.4 Å². The SMILES string of the molecule is COc1cc(/C=C/C=C2/C(c3cccnc3)=NC3CCC2C3)ccc1O. The van der Waals surface area contributed by atoms with E-state index in [9.17, 15) is 5.11 Å². The number of hydrogen-bond donors (Lipinski definition) is 1. The smallest absolute Gasteiger partial charge is 0.161 e. The van der Waals surface area contributed by atoms with Crippen LogP contribution in [-0.4, -0.2) is 29.0 Å². The summed E-state index contributed by atoms with van der Waals surface area (Å²) in [5, 5.41) is 9.71. The van der Waals surface area contributed by atoms with Crippen LogP contribution in [0.25, 0.3) is 6.08 Å². The number of fused-ring (bicyclic) bond motifs is 2. The average Bonchev–Trinajstić information content (AvgIpc) is 3.07. The largest absolute Gasteiger partial charge is 0.504 e. The van der Waals surface area contributed by atoms with Crippen LogP contribution >= 0.6 is 0 Å². The van der Waals surface area contributed by atoms with E-state index < -0.39 is 0 Å². The van der Waals surface area contributed by atoms with Gasteiger partial charge in [0.25, 0.3) is 0 Å². The molecule has 1 aliphatic heterocycles. The van der Waals surface area contributed by atoms with Crippen molar-refractivity contribution in [2.75, 3.05) is 7.11 Å². The summed E-state index contributed by atoms with van der Waals surface area (Å²) in [6, 6.07) is 9.85. The fourth-order valence-electron chi connectivity index (χ4n) is 3.83. The monoisotopic (exact) mass is 346 g/mol. The van der Waals surface area contributed by atoms with Crippen LogP contribution in [0.15, 0.2) is 65.4 Å². The van der Waals surface area contributed by atoms with E-state index in [1.807, 2.05) is 30.5 Å². The molecule has 1 N–H and O–H groups in total. The summed E-state index contributed by atoms with van der Waals surface area (Å²) in [6.45, 7) is 0. The van der Waals surface area contributed by atoms with Crippen molar-refractivity contribution in [1.82, 2.24) is 4.98 Å². The van der Waals surface area contributed by atoms with E-state index in [0.717, 1.165) is 23.3 Å². The number of ether oxygens (including phenoxy) is 1. The molecule has 1 aromatic carbocycles. The van der Waals surface area contributed by atoms with Crippen LogP contribution in [0.3, 0.4) is 0 Å². The lowest BCUT2D eigenvalue weighted by Crippen LogP contribution is -2.20. The summed E-state index contributed by atoms with van der Waals surface area (Å²) in [7, 11) is 1.56. The minimum absolute atomic E-state index is 0.151. The van der Waals surface area contributed by atoms with Crippen molar-refractivity contribution in [3.63, 3.8) is 0 Å². The number of phenolic OH excluding ortho intramolecular Hbond substituents is 1. The first kappa shape index (κ1) is 16.6. The number of pyridine rings is 1. The van der Waals surface area contributed by atoms with Gasteiger partial charge in [-0.25, -0.2) is 0 Å². The number of rotatable bonds is 4. The Hall–Kier alpha value is -2.88. The first-order chi connectivity index (χ1) is 12.7. The molecule has 26 heavy (non-hydrogen) atoms. The molecule has 2 heterocycles. The van der Waals surface area contributed by atoms with Gasteiger partial charge in [-0.05, 0) is 60.6 Å². The summed E-state index contributed by atoms with van der Waals surface area (Å²) in [5.74, 6) is 1.21. The standard InChI is InChI=1S/C22H22N2O2/c1-26-21-12-15(7-10-20(21)25)4-2-6-19-16-8-9-18(13-16)24-22(19)17-5-3-11-23-14-17/h2-7,10-12,14,16,18,25H,8-9,13H2,1H3/b4-2+,19-6+. The van der Waals surface area contributed by atoms with Crippen molar-refractivity contribution in [2.24, 2.45) is 10.9 Å². The van der Waals surface area contributed by atoms with Crippen LogP contribution in [-0.2, 0) is 0 Å². The van der Waals surface area contributed by atoms with Gasteiger partial charge in [-0.15, -0.1) is 0 Å². The van der Waals surface area contributed by atoms with Gasteiger partial charge in [0.2, 0.25) is 0 Å². The van der Waals surface area contributed by atoms with Crippen LogP contribution in [0.1, 0.15) is 30.4 Å². The average molecular weight is 346 g/mol. The molecule has 4 heteroatoms. The second-order valence-corrected chi connectivity index (χ2v) is 6.80. The first-order valence-electron chi connectivity index (χ1n) is 8.98. The Bertz CT molecular complexity index is 884. The van der Waals surface area contributed by atoms with Gasteiger partial charge in [0, 0.05) is 18.0 Å². The third-order valence-corrected chi connectivity index (χ3v) is 5.13. The van der Waals surface area contributed by atoms with Gasteiger partial charge in [-0.2, -0.15) is 0 Å². The molecular weight excluding hydrogens is 324 g/mol. The number of phenols is 1. The second kappa shape index (κ2) is 7.16. The number of aliphatic imine (C=N–C) groups is 1. The fraction of sp³-hybridized carbons (Fsp3) is 0.273. The number of aromatic hydroxyl groups is 1. The molecule has 1 aliphatic carbocycles. The lowest BCUT2D eigenvalue weighted by Gasteiger charge is -2.22. The maximum atomic E-state index is 9.71. The van der Waals surface area contributed by atoms with Crippen LogP contribution in [0.2, 0.25) is 0 Å². The highest BCUT2D eigenvalue weighted by atomic mass is 16.5. The Morgan fingerprint density at radius 3 is 2.96 bits per heavy atom. The van der Waals surface area contributed by atoms with Gasteiger partial charge in [0.15, 0.2) is 11.5 Å². The molecule has 2 unspecified atom stereocenters. The maximum absolute atomic E-state index is 9.71. The van der Waals surface area contributed by atoms with Crippen LogP contribution in [0.4, 0.5) is 0 Å². The third kappa shape index (κ3) is 3.27. The summed E-state index contributed by atoms with van der Waals surface area (Å²) < 4.78 is 5.17. The Labute approximate surface area is 153 Å². The van der Waals surface area contributed by atoms with Crippen molar-refractivity contribution in [3.8, 4) is 11.5 Å². The van der Waals surface area contributed by atoms with E-state index in [1.165, 1.54) is 18.4 Å². The lowest BCUT2D eigenvalue weighted by molar-refractivity contribution is 0.373. The Morgan fingerprint density at radius 1 is 1.23 bits per heavy atom. The molecule has 132 valence electrons. The molecule has 2 atom stereocenters. The normalized spacial score (nSPS) is 23.4. The van der Waals surface area contributed by atoms with Crippen LogP contribution in [0.5, 0.6) is 11.5 Å². The molecule has 4 rings (SSSR count). The molecule has 1 aromatic heterocycles. The van der Waals surface area contributed by atoms with Crippen molar-refractivity contribution < 1.29 is 9.84 Å². The number of nitrogens with zero attached hydrogens (tertiary/aromatic N) is 2. The van der Waals surface area contributed by atoms with E-state index >= 15 is 0 Å². The topological polar surface area (TPSA) is 54.7 Å². The van der Waals surface area contributed by atoms with Gasteiger partial charge in [-0.3, -0.25) is 9.98 Å². The zero-order valence-electron chi connectivity index (χ0n) is 14.8. The predicted octanol–water partition coefficient (Wildman–Crippen LogP) is 4.41. The number of methoxy groups -OCH3 is 1. The van der Waals surface area contributed by atoms with Gasteiger partial charge in [0.05, 0.1) is 18.9 Å². The summed E-state index contributed by atoms with van der Waals surface area (Å²) in [5.41, 5.74) is 4.46. The molecule has 0 saturated heterocycles. The Kier molecular flexibility index (Phi) is 4.57. The number of benzene rings is 1. The molecule has 2 aliphatic rings. The predicted molar refractivity (Wildman–Crippen MR) is 104 cm³/mol. The third-order valence-electron chi connectivity index (χ3n) is 5.13. The molecule has 2 aromatic rings. The van der Waals surface area contributed by atoms with Crippen molar-refractivity contribution in [1.29, 1.82) is 0 Å². The minimum atomic E-state index is 0.151. The van der Waals surface area contributed by atoms with Crippen molar-refractivity contribution >= 4 is 11.8 Å². The molecule has 0 spiro atoms. The molecule has 1 fully saturated rings. The van der Waals surface area contributed by atoms with E-state index in [4.69, 9.17) is 9.73 Å². The quantitative estimate of drug-likeness (QED) is 0.892. The first-order valence-corrected chi connectivity index (χ1v) is 8.98. The zero-order valence-corrected chi connectivity index (χ0v) is 14.8. The number of hydrogen-bond acceptors (Lipinski definition) is 4. The van der Waals surface area contributed by atoms with Crippen molar-refractivity contribution in [3.05, 3.63) is 71.6 Å². The van der Waals surface area contributed by atoms with Crippen molar-refractivity contribution in [2.45, 2.75) is 25.3 Å². The Morgan fingerprint density at radius 2 is 2.15 bits per heavy atom. The van der Waals surface area contributed by atoms with Crippen LogP contribution < -0.4 is 4.74 Å². The molecular formula is C22H22N2O2. The lowest BCUT2D eigenvalue weighted by atomic mass is 9.87. The van der Waals surface area contributed by atoms with E-state index in [-0.39, 0.29) is 5.75 Å². The molecule has 2 bridgehead atoms. The zero-order chi connectivity index (χ0) is 17.9. The van der Waals surface area contributed by atoms with E-state index in [2.05, 4.69) is 23.2 Å². The number of allylic oxidation sites excluding steroid dienone is 3. The highest BCUT2D eigenvalue weighted by molar-refractivity contribution is 6.13. The Balaban J connectivity index is 1.64. The molecule has 1 saturated carbocycles. The van der Waals surface area contributed by atoms with Gasteiger partial charge >= 0.3 is 0 Å². The summed E-state index contributed by atoms with van der Waals surface area (Å²) in [6.07, 6.45) is 13.5. The summed E-state index contributed by atoms with van der Waals surface area (Å²) >= 11 is 0. The van der Waals surface area contributed by atoms with Gasteiger partial charge in [-0.1, -0.05) is 24.3 Å². The highest BCUT2D eigenvalue weighted by Gasteiger charge is 2.34. The maximum Gasteiger partial charge on any atom is 0.161 e. The number of aromatic nitrogens is 1.